The first-order valence-electron chi connectivity index (χ1n) is 4.90. The van der Waals surface area contributed by atoms with Gasteiger partial charge in [-0.3, -0.25) is 0 Å². The molecule has 0 atom stereocenters. The Morgan fingerprint density at radius 1 is 1.07 bits per heavy atom. The van der Waals surface area contributed by atoms with Crippen molar-refractivity contribution in [2.24, 2.45) is 0 Å². The van der Waals surface area contributed by atoms with Gasteiger partial charge in [-0.2, -0.15) is 0 Å². The first-order chi connectivity index (χ1) is 6.79. The van der Waals surface area contributed by atoms with E-state index in [1.165, 1.54) is 6.08 Å². The van der Waals surface area contributed by atoms with E-state index in [0.29, 0.717) is 18.4 Å². The molecule has 0 aromatic rings. The van der Waals surface area contributed by atoms with E-state index >= 15 is 0 Å². The summed E-state index contributed by atoms with van der Waals surface area (Å²) in [6.07, 6.45) is 10.1. The third-order valence-electron chi connectivity index (χ3n) is 2.59. The van der Waals surface area contributed by atoms with Crippen molar-refractivity contribution in [3.05, 3.63) is 47.1 Å². The molecule has 0 radical (unpaired) electrons. The van der Waals surface area contributed by atoms with Gasteiger partial charge in [-0.1, -0.05) is 18.2 Å². The molecule has 0 bridgehead atoms. The Labute approximate surface area is 82.3 Å². The van der Waals surface area contributed by atoms with Gasteiger partial charge in [0.05, 0.1) is 0 Å². The molecule has 0 aromatic carbocycles. The Morgan fingerprint density at radius 2 is 1.93 bits per heavy atom. The molecule has 0 saturated carbocycles. The van der Waals surface area contributed by atoms with E-state index in [9.17, 15) is 8.78 Å². The maximum absolute atomic E-state index is 13.4. The molecule has 14 heavy (non-hydrogen) atoms. The van der Waals surface area contributed by atoms with E-state index in [1.54, 1.807) is 0 Å². The third kappa shape index (κ3) is 1.69. The van der Waals surface area contributed by atoms with E-state index in [-0.39, 0.29) is 0 Å². The lowest BCUT2D eigenvalue weighted by Crippen LogP contribution is -2.00. The van der Waals surface area contributed by atoms with Gasteiger partial charge in [-0.25, -0.2) is 8.78 Å². The van der Waals surface area contributed by atoms with E-state index < -0.39 is 11.7 Å². The molecule has 0 unspecified atom stereocenters. The van der Waals surface area contributed by atoms with Gasteiger partial charge < -0.3 is 0 Å². The molecule has 2 rings (SSSR count). The predicted octanol–water partition coefficient (Wildman–Crippen LogP) is 4.13. The van der Waals surface area contributed by atoms with Crippen molar-refractivity contribution < 1.29 is 8.78 Å². The molecule has 2 heteroatoms. The first-order valence-corrected chi connectivity index (χ1v) is 4.90. The van der Waals surface area contributed by atoms with Crippen molar-refractivity contribution in [3.8, 4) is 0 Å². The zero-order valence-electron chi connectivity index (χ0n) is 7.89. The van der Waals surface area contributed by atoms with Gasteiger partial charge in [-0.05, 0) is 42.9 Å². The molecule has 2 aliphatic carbocycles. The minimum Gasteiger partial charge on any atom is -0.204 e. The number of hydrogen-bond donors (Lipinski definition) is 0. The van der Waals surface area contributed by atoms with Gasteiger partial charge >= 0.3 is 0 Å². The Hall–Kier alpha value is -1.18. The fourth-order valence-corrected chi connectivity index (χ4v) is 1.84. The summed E-state index contributed by atoms with van der Waals surface area (Å²) < 4.78 is 26.4. The molecule has 0 aromatic heterocycles. The van der Waals surface area contributed by atoms with Crippen molar-refractivity contribution >= 4 is 0 Å². The van der Waals surface area contributed by atoms with Gasteiger partial charge in [-0.15, -0.1) is 0 Å². The minimum atomic E-state index is -0.693. The summed E-state index contributed by atoms with van der Waals surface area (Å²) in [6, 6.07) is 0. The monoisotopic (exact) mass is 194 g/mol. The van der Waals surface area contributed by atoms with Crippen LogP contribution >= 0.6 is 0 Å². The second-order valence-corrected chi connectivity index (χ2v) is 3.54. The second kappa shape index (κ2) is 3.91. The zero-order chi connectivity index (χ0) is 9.97. The fraction of sp³-hybridized carbons (Fsp3) is 0.333. The Kier molecular flexibility index (Phi) is 2.62. The van der Waals surface area contributed by atoms with Crippen molar-refractivity contribution in [1.82, 2.24) is 0 Å². The van der Waals surface area contributed by atoms with Crippen LogP contribution in [0.25, 0.3) is 0 Å². The molecule has 0 nitrogen and oxygen atoms in total. The smallest absolute Gasteiger partial charge is 0.161 e. The van der Waals surface area contributed by atoms with Gasteiger partial charge in [0.15, 0.2) is 11.7 Å². The molecule has 74 valence electrons. The first kappa shape index (κ1) is 9.38. The Morgan fingerprint density at radius 3 is 2.64 bits per heavy atom. The molecule has 0 spiro atoms. The summed E-state index contributed by atoms with van der Waals surface area (Å²) in [5, 5.41) is 0. The van der Waals surface area contributed by atoms with Gasteiger partial charge in [0.25, 0.3) is 0 Å². The molecular formula is C12H12F2. The molecular weight excluding hydrogens is 182 g/mol. The van der Waals surface area contributed by atoms with Crippen LogP contribution in [0.3, 0.4) is 0 Å². The predicted molar refractivity (Wildman–Crippen MR) is 53.0 cm³/mol. The lowest BCUT2D eigenvalue weighted by Gasteiger charge is -2.16. The lowest BCUT2D eigenvalue weighted by atomic mass is 9.91. The summed E-state index contributed by atoms with van der Waals surface area (Å²) in [6.45, 7) is 0. The number of allylic oxidation sites excluding steroid dienone is 8. The Bertz CT molecular complexity index is 357. The van der Waals surface area contributed by atoms with Crippen LogP contribution in [0, 0.1) is 0 Å². The van der Waals surface area contributed by atoms with Crippen LogP contribution in [0.5, 0.6) is 0 Å². The van der Waals surface area contributed by atoms with Crippen LogP contribution in [0.2, 0.25) is 0 Å². The van der Waals surface area contributed by atoms with Crippen molar-refractivity contribution in [2.75, 3.05) is 0 Å². The summed E-state index contributed by atoms with van der Waals surface area (Å²) in [4.78, 5) is 0. The van der Waals surface area contributed by atoms with E-state index in [2.05, 4.69) is 0 Å². The average molecular weight is 194 g/mol. The van der Waals surface area contributed by atoms with Crippen LogP contribution in [-0.4, -0.2) is 0 Å². The third-order valence-corrected chi connectivity index (χ3v) is 2.59. The quantitative estimate of drug-likeness (QED) is 0.588. The SMILES string of the molecule is FC1=CCCC(C2=CC=CCC2)=C1F. The highest BCUT2D eigenvalue weighted by Crippen LogP contribution is 2.34. The van der Waals surface area contributed by atoms with Gasteiger partial charge in [0.1, 0.15) is 0 Å². The van der Waals surface area contributed by atoms with Gasteiger partial charge in [0, 0.05) is 0 Å². The van der Waals surface area contributed by atoms with Crippen LogP contribution in [0.15, 0.2) is 47.1 Å². The van der Waals surface area contributed by atoms with Crippen LogP contribution in [0.4, 0.5) is 8.78 Å². The van der Waals surface area contributed by atoms with E-state index in [0.717, 1.165) is 18.4 Å². The maximum Gasteiger partial charge on any atom is 0.161 e. The Balaban J connectivity index is 2.33. The van der Waals surface area contributed by atoms with Crippen molar-refractivity contribution in [1.29, 1.82) is 0 Å². The number of halogens is 2. The normalized spacial score (nSPS) is 22.1. The molecule has 0 aliphatic heterocycles. The van der Waals surface area contributed by atoms with Crippen LogP contribution in [-0.2, 0) is 0 Å². The maximum atomic E-state index is 13.4. The lowest BCUT2D eigenvalue weighted by molar-refractivity contribution is 0.520. The van der Waals surface area contributed by atoms with Crippen LogP contribution in [0.1, 0.15) is 25.7 Å². The summed E-state index contributed by atoms with van der Waals surface area (Å²) >= 11 is 0. The summed E-state index contributed by atoms with van der Waals surface area (Å²) in [5.41, 5.74) is 1.52. The second-order valence-electron chi connectivity index (χ2n) is 3.54. The highest BCUT2D eigenvalue weighted by atomic mass is 19.2. The van der Waals surface area contributed by atoms with E-state index in [4.69, 9.17) is 0 Å². The van der Waals surface area contributed by atoms with Crippen molar-refractivity contribution in [2.45, 2.75) is 25.7 Å². The fourth-order valence-electron chi connectivity index (χ4n) is 1.84. The zero-order valence-corrected chi connectivity index (χ0v) is 7.89. The van der Waals surface area contributed by atoms with E-state index in [1.807, 2.05) is 18.2 Å². The topological polar surface area (TPSA) is 0 Å². The highest BCUT2D eigenvalue weighted by Gasteiger charge is 2.18. The largest absolute Gasteiger partial charge is 0.204 e. The number of hydrogen-bond acceptors (Lipinski definition) is 0. The van der Waals surface area contributed by atoms with Crippen LogP contribution < -0.4 is 0 Å². The molecule has 0 N–H and O–H groups in total. The number of rotatable bonds is 1. The molecule has 0 amide bonds. The standard InChI is InChI=1S/C12H12F2/c13-11-8-4-7-10(12(11)14)9-5-2-1-3-6-9/h1-2,5,8H,3-4,6-7H2. The van der Waals surface area contributed by atoms with Crippen molar-refractivity contribution in [3.63, 3.8) is 0 Å². The molecule has 0 saturated heterocycles. The highest BCUT2D eigenvalue weighted by molar-refractivity contribution is 5.44. The summed E-state index contributed by atoms with van der Waals surface area (Å²) in [5.74, 6) is -1.35. The van der Waals surface area contributed by atoms with Gasteiger partial charge in [0.2, 0.25) is 0 Å². The molecule has 2 aliphatic rings. The molecule has 0 fully saturated rings. The molecule has 0 heterocycles. The average Bonchev–Trinajstić information content (AvgIpc) is 2.23. The minimum absolute atomic E-state index is 0.564. The summed E-state index contributed by atoms with van der Waals surface area (Å²) in [7, 11) is 0.